The van der Waals surface area contributed by atoms with E-state index in [1.54, 1.807) is 42.5 Å². The number of carbonyl (C=O) groups excluding carboxylic acids is 2. The van der Waals surface area contributed by atoms with Crippen molar-refractivity contribution in [2.45, 2.75) is 39.5 Å². The first-order valence-electron chi connectivity index (χ1n) is 11.5. The highest BCUT2D eigenvalue weighted by atomic mass is 35.5. The number of rotatable bonds is 9. The first-order chi connectivity index (χ1) is 16.7. The topological polar surface area (TPSA) is 76.7 Å². The third-order valence-electron chi connectivity index (χ3n) is 5.53. The van der Waals surface area contributed by atoms with Crippen molar-refractivity contribution in [1.82, 2.24) is 0 Å². The lowest BCUT2D eigenvalue weighted by atomic mass is 9.92. The summed E-state index contributed by atoms with van der Waals surface area (Å²) < 4.78 is 10.8. The second kappa shape index (κ2) is 11.8. The van der Waals surface area contributed by atoms with Gasteiger partial charge in [0.1, 0.15) is 11.5 Å². The van der Waals surface area contributed by atoms with Gasteiger partial charge in [-0.15, -0.1) is 0 Å². The number of benzene rings is 3. The monoisotopic (exact) mass is 494 g/mol. The third-order valence-corrected chi connectivity index (χ3v) is 5.83. The highest BCUT2D eigenvalue weighted by molar-refractivity contribution is 6.32. The molecule has 0 spiro atoms. The molecule has 3 rings (SSSR count). The number of amides is 2. The van der Waals surface area contributed by atoms with Crippen LogP contribution in [0.1, 0.15) is 61.0 Å². The molecule has 0 saturated heterocycles. The maximum atomic E-state index is 12.7. The van der Waals surface area contributed by atoms with Crippen LogP contribution in [0.15, 0.2) is 60.7 Å². The van der Waals surface area contributed by atoms with Crippen LogP contribution < -0.4 is 20.1 Å². The Labute approximate surface area is 211 Å². The van der Waals surface area contributed by atoms with E-state index in [9.17, 15) is 9.59 Å². The number of anilines is 2. The zero-order valence-corrected chi connectivity index (χ0v) is 21.4. The minimum Gasteiger partial charge on any atom is -0.495 e. The lowest BCUT2D eigenvalue weighted by molar-refractivity contribution is -0.118. The lowest BCUT2D eigenvalue weighted by Crippen LogP contribution is -2.22. The summed E-state index contributed by atoms with van der Waals surface area (Å²) in [5.74, 6) is 1.05. The molecule has 0 aliphatic rings. The van der Waals surface area contributed by atoms with E-state index in [1.807, 2.05) is 18.2 Å². The van der Waals surface area contributed by atoms with E-state index in [2.05, 4.69) is 38.3 Å². The molecule has 0 saturated carbocycles. The van der Waals surface area contributed by atoms with Gasteiger partial charge in [-0.1, -0.05) is 57.5 Å². The van der Waals surface area contributed by atoms with Crippen LogP contribution in [0, 0.1) is 0 Å². The maximum Gasteiger partial charge on any atom is 0.262 e. The van der Waals surface area contributed by atoms with E-state index in [4.69, 9.17) is 21.1 Å². The summed E-state index contributed by atoms with van der Waals surface area (Å²) in [7, 11) is 1.53. The molecule has 0 bridgehead atoms. The Hall–Kier alpha value is -3.51. The maximum absolute atomic E-state index is 12.7. The average molecular weight is 495 g/mol. The molecular weight excluding hydrogens is 464 g/mol. The molecule has 0 radical (unpaired) electrons. The molecule has 0 fully saturated rings. The Bertz CT molecular complexity index is 1160. The van der Waals surface area contributed by atoms with Crippen molar-refractivity contribution < 1.29 is 19.1 Å². The van der Waals surface area contributed by atoms with Crippen LogP contribution in [0.2, 0.25) is 5.02 Å². The number of ether oxygens (including phenoxy) is 2. The molecule has 0 aliphatic carbocycles. The molecule has 3 aromatic rings. The number of hydrogen-bond donors (Lipinski definition) is 2. The highest BCUT2D eigenvalue weighted by Crippen LogP contribution is 2.32. The van der Waals surface area contributed by atoms with Gasteiger partial charge in [-0.25, -0.2) is 0 Å². The van der Waals surface area contributed by atoms with Crippen LogP contribution in [0.5, 0.6) is 11.5 Å². The summed E-state index contributed by atoms with van der Waals surface area (Å²) in [6.07, 6.45) is 0. The van der Waals surface area contributed by atoms with E-state index in [0.29, 0.717) is 27.8 Å². The van der Waals surface area contributed by atoms with Crippen molar-refractivity contribution >= 4 is 34.8 Å². The van der Waals surface area contributed by atoms with Gasteiger partial charge in [0.25, 0.3) is 11.8 Å². The molecule has 0 aliphatic heterocycles. The Morgan fingerprint density at radius 2 is 1.51 bits per heavy atom. The number of methoxy groups -OCH3 is 1. The normalized spacial score (nSPS) is 10.9. The molecule has 6 nitrogen and oxygen atoms in total. The molecule has 0 aromatic heterocycles. The summed E-state index contributed by atoms with van der Waals surface area (Å²) >= 11 is 6.11. The minimum atomic E-state index is -0.290. The van der Waals surface area contributed by atoms with Gasteiger partial charge in [0.15, 0.2) is 6.61 Å². The van der Waals surface area contributed by atoms with Crippen LogP contribution in [0.25, 0.3) is 0 Å². The fourth-order valence-electron chi connectivity index (χ4n) is 3.67. The van der Waals surface area contributed by atoms with Crippen LogP contribution in [-0.2, 0) is 4.79 Å². The predicted octanol–water partition coefficient (Wildman–Crippen LogP) is 6.87. The van der Waals surface area contributed by atoms with Crippen molar-refractivity contribution in [3.05, 3.63) is 82.4 Å². The third kappa shape index (κ3) is 6.76. The van der Waals surface area contributed by atoms with Crippen molar-refractivity contribution in [2.75, 3.05) is 24.4 Å². The first kappa shape index (κ1) is 26.1. The zero-order chi connectivity index (χ0) is 25.5. The van der Waals surface area contributed by atoms with Gasteiger partial charge in [-0.2, -0.15) is 0 Å². The van der Waals surface area contributed by atoms with E-state index in [0.717, 1.165) is 16.8 Å². The molecule has 2 N–H and O–H groups in total. The molecule has 0 atom stereocenters. The Kier molecular flexibility index (Phi) is 8.77. The van der Waals surface area contributed by atoms with Gasteiger partial charge in [0.05, 0.1) is 12.1 Å². The van der Waals surface area contributed by atoms with Crippen molar-refractivity contribution in [1.29, 1.82) is 0 Å². The van der Waals surface area contributed by atoms with Gasteiger partial charge in [-0.3, -0.25) is 9.59 Å². The van der Waals surface area contributed by atoms with Crippen molar-refractivity contribution in [3.8, 4) is 11.5 Å². The summed E-state index contributed by atoms with van der Waals surface area (Å²) in [6.45, 7) is 8.28. The van der Waals surface area contributed by atoms with E-state index in [-0.39, 0.29) is 30.3 Å². The standard InChI is InChI=1S/C28H31ClN2O4/c1-17(2)22-7-6-8-23(18(3)4)27(22)31-26(32)16-35-21-12-9-19(10-13-21)28(33)30-20-11-14-25(34-5)24(29)15-20/h6-15,17-18H,16H2,1-5H3,(H,30,33)(H,31,32). The van der Waals surface area contributed by atoms with E-state index >= 15 is 0 Å². The molecule has 2 amide bonds. The second-order valence-corrected chi connectivity index (χ2v) is 9.19. The van der Waals surface area contributed by atoms with Gasteiger partial charge in [0.2, 0.25) is 0 Å². The van der Waals surface area contributed by atoms with Crippen LogP contribution in [-0.4, -0.2) is 25.5 Å². The van der Waals surface area contributed by atoms with Gasteiger partial charge in [0, 0.05) is 16.9 Å². The van der Waals surface area contributed by atoms with E-state index in [1.165, 1.54) is 7.11 Å². The summed E-state index contributed by atoms with van der Waals surface area (Å²) in [5, 5.41) is 6.23. The Morgan fingerprint density at radius 1 is 0.886 bits per heavy atom. The summed E-state index contributed by atoms with van der Waals surface area (Å²) in [6, 6.07) is 17.7. The predicted molar refractivity (Wildman–Crippen MR) is 141 cm³/mol. The molecule has 0 heterocycles. The molecular formula is C28H31ClN2O4. The number of halogens is 1. The summed E-state index contributed by atoms with van der Waals surface area (Å²) in [4.78, 5) is 25.2. The number of carbonyl (C=O) groups is 2. The van der Waals surface area contributed by atoms with Crippen LogP contribution in [0.3, 0.4) is 0 Å². The molecule has 3 aromatic carbocycles. The largest absolute Gasteiger partial charge is 0.495 e. The Morgan fingerprint density at radius 3 is 2.06 bits per heavy atom. The lowest BCUT2D eigenvalue weighted by Gasteiger charge is -2.20. The van der Waals surface area contributed by atoms with Gasteiger partial charge in [-0.05, 0) is 65.4 Å². The summed E-state index contributed by atoms with van der Waals surface area (Å²) in [5.41, 5.74) is 4.05. The zero-order valence-electron chi connectivity index (χ0n) is 20.6. The SMILES string of the molecule is COc1ccc(NC(=O)c2ccc(OCC(=O)Nc3c(C(C)C)cccc3C(C)C)cc2)cc1Cl. The van der Waals surface area contributed by atoms with Crippen molar-refractivity contribution in [3.63, 3.8) is 0 Å². The number of nitrogens with one attached hydrogen (secondary N) is 2. The van der Waals surface area contributed by atoms with Crippen LogP contribution in [0.4, 0.5) is 11.4 Å². The van der Waals surface area contributed by atoms with E-state index < -0.39 is 0 Å². The van der Waals surface area contributed by atoms with Gasteiger partial charge < -0.3 is 20.1 Å². The van der Waals surface area contributed by atoms with Gasteiger partial charge >= 0.3 is 0 Å². The smallest absolute Gasteiger partial charge is 0.262 e. The highest BCUT2D eigenvalue weighted by Gasteiger charge is 2.16. The number of hydrogen-bond acceptors (Lipinski definition) is 4. The molecule has 0 unspecified atom stereocenters. The second-order valence-electron chi connectivity index (χ2n) is 8.79. The minimum absolute atomic E-state index is 0.139. The molecule has 35 heavy (non-hydrogen) atoms. The number of para-hydroxylation sites is 1. The molecule has 184 valence electrons. The molecule has 7 heteroatoms. The fourth-order valence-corrected chi connectivity index (χ4v) is 3.93. The van der Waals surface area contributed by atoms with Crippen molar-refractivity contribution in [2.24, 2.45) is 0 Å². The Balaban J connectivity index is 1.60. The quantitative estimate of drug-likeness (QED) is 0.340. The first-order valence-corrected chi connectivity index (χ1v) is 11.9. The van der Waals surface area contributed by atoms with Crippen LogP contribution >= 0.6 is 11.6 Å². The average Bonchev–Trinajstić information content (AvgIpc) is 2.83. The fraction of sp³-hybridized carbons (Fsp3) is 0.286.